The van der Waals surface area contributed by atoms with Gasteiger partial charge in [0.05, 0.1) is 0 Å². The van der Waals surface area contributed by atoms with Crippen molar-refractivity contribution in [2.45, 2.75) is 47.6 Å². The minimum Gasteiger partial charge on any atom is -0.385 e. The molecule has 0 aromatic heterocycles. The Morgan fingerprint density at radius 1 is 1.12 bits per heavy atom. The van der Waals surface area contributed by atoms with Crippen molar-refractivity contribution in [3.8, 4) is 0 Å². The zero-order valence-electron chi connectivity index (χ0n) is 17.2. The van der Waals surface area contributed by atoms with Crippen LogP contribution in [0.15, 0.2) is 78.1 Å². The zero-order valence-corrected chi connectivity index (χ0v) is 17.2. The molecule has 0 amide bonds. The van der Waals surface area contributed by atoms with Gasteiger partial charge in [-0.25, -0.2) is 0 Å². The fourth-order valence-corrected chi connectivity index (χ4v) is 2.57. The number of nitrogens with one attached hydrogen (secondary N) is 1. The number of hydrogen-bond donors (Lipinski definition) is 1. The predicted molar refractivity (Wildman–Crippen MR) is 118 cm³/mol. The van der Waals surface area contributed by atoms with Crippen molar-refractivity contribution in [3.63, 3.8) is 0 Å². The smallest absolute Gasteiger partial charge is 0.0440 e. The standard InChI is InChI=1S/C25H33N/c1-10-13-26-23(9)22(8)15-20(6)21(7)16-24(17(2)3)25-14-18(4)11-12-19(25)5/h10-16,23,26H,2,5-6H2,1,3-4,7-9H3/b13-10-,21-16+,22-15+,25-24+. The van der Waals surface area contributed by atoms with Crippen molar-refractivity contribution in [2.75, 3.05) is 0 Å². The normalized spacial score (nSPS) is 15.0. The molecule has 0 fully saturated rings. The number of hydrogen-bond acceptors (Lipinski definition) is 1. The van der Waals surface area contributed by atoms with E-state index in [0.717, 1.165) is 32.7 Å². The van der Waals surface area contributed by atoms with Gasteiger partial charge in [0.1, 0.15) is 0 Å². The topological polar surface area (TPSA) is 12.0 Å². The first kappa shape index (κ1) is 21.5. The molecule has 0 saturated heterocycles. The second-order valence-corrected chi connectivity index (χ2v) is 6.98. The summed E-state index contributed by atoms with van der Waals surface area (Å²) in [6, 6.07) is 6.58. The van der Waals surface area contributed by atoms with Crippen molar-refractivity contribution >= 4 is 12.2 Å². The van der Waals surface area contributed by atoms with Gasteiger partial charge in [-0.1, -0.05) is 72.9 Å². The van der Waals surface area contributed by atoms with E-state index in [2.05, 4.69) is 83.1 Å². The van der Waals surface area contributed by atoms with Gasteiger partial charge in [-0.3, -0.25) is 0 Å². The fraction of sp³-hybridized carbons (Fsp3) is 0.280. The molecule has 0 aliphatic rings. The average Bonchev–Trinajstić information content (AvgIpc) is 2.59. The fourth-order valence-electron chi connectivity index (χ4n) is 2.57. The first-order valence-corrected chi connectivity index (χ1v) is 9.06. The van der Waals surface area contributed by atoms with E-state index in [4.69, 9.17) is 0 Å². The van der Waals surface area contributed by atoms with E-state index in [-0.39, 0.29) is 6.04 Å². The molecule has 138 valence electrons. The molecular formula is C25H33N. The molecule has 0 heterocycles. The van der Waals surface area contributed by atoms with Gasteiger partial charge in [-0.2, -0.15) is 0 Å². The first-order chi connectivity index (χ1) is 12.2. The Labute approximate surface area is 159 Å². The van der Waals surface area contributed by atoms with Crippen LogP contribution in [-0.2, 0) is 0 Å². The SMILES string of the molecule is C=C(/C=C(\C)C(C)N/C=C\C)/C(C)=C/C(C(=C)C)=c1/cc(C)ccc1=C. The Hall–Kier alpha value is -2.54. The molecule has 0 aliphatic carbocycles. The second kappa shape index (κ2) is 9.82. The van der Waals surface area contributed by atoms with Crippen molar-refractivity contribution in [3.05, 3.63) is 94.1 Å². The lowest BCUT2D eigenvalue weighted by Crippen LogP contribution is -2.25. The van der Waals surface area contributed by atoms with E-state index < -0.39 is 0 Å². The van der Waals surface area contributed by atoms with Crippen LogP contribution >= 0.6 is 0 Å². The van der Waals surface area contributed by atoms with Crippen molar-refractivity contribution < 1.29 is 0 Å². The van der Waals surface area contributed by atoms with Crippen LogP contribution in [0.4, 0.5) is 0 Å². The van der Waals surface area contributed by atoms with E-state index >= 15 is 0 Å². The second-order valence-electron chi connectivity index (χ2n) is 6.98. The van der Waals surface area contributed by atoms with Gasteiger partial charge < -0.3 is 5.32 Å². The van der Waals surface area contributed by atoms with E-state index in [9.17, 15) is 0 Å². The zero-order chi connectivity index (χ0) is 19.9. The summed E-state index contributed by atoms with van der Waals surface area (Å²) < 4.78 is 0. The van der Waals surface area contributed by atoms with Crippen LogP contribution in [0, 0.1) is 6.92 Å². The van der Waals surface area contributed by atoms with Gasteiger partial charge in [-0.15, -0.1) is 0 Å². The van der Waals surface area contributed by atoms with Gasteiger partial charge in [0.15, 0.2) is 0 Å². The quantitative estimate of drug-likeness (QED) is 0.677. The molecule has 26 heavy (non-hydrogen) atoms. The van der Waals surface area contributed by atoms with E-state index in [1.807, 2.05) is 26.1 Å². The maximum atomic E-state index is 4.25. The molecule has 0 spiro atoms. The third-order valence-electron chi connectivity index (χ3n) is 4.48. The highest BCUT2D eigenvalue weighted by Gasteiger charge is 2.04. The molecule has 1 atom stereocenters. The van der Waals surface area contributed by atoms with Crippen LogP contribution in [0.5, 0.6) is 0 Å². The monoisotopic (exact) mass is 347 g/mol. The van der Waals surface area contributed by atoms with Crippen LogP contribution < -0.4 is 15.8 Å². The Bertz CT molecular complexity index is 875. The minimum atomic E-state index is 0.267. The van der Waals surface area contributed by atoms with Gasteiger partial charge in [-0.05, 0) is 74.9 Å². The average molecular weight is 348 g/mol. The number of allylic oxidation sites excluding steroid dienone is 6. The molecule has 0 aliphatic heterocycles. The Morgan fingerprint density at radius 2 is 1.77 bits per heavy atom. The van der Waals surface area contributed by atoms with Crippen LogP contribution in [0.2, 0.25) is 0 Å². The number of benzene rings is 1. The molecule has 1 unspecified atom stereocenters. The lowest BCUT2D eigenvalue weighted by molar-refractivity contribution is 0.726. The summed E-state index contributed by atoms with van der Waals surface area (Å²) in [6.07, 6.45) is 8.27. The van der Waals surface area contributed by atoms with E-state index in [1.165, 1.54) is 11.1 Å². The van der Waals surface area contributed by atoms with Crippen molar-refractivity contribution in [1.82, 2.24) is 5.32 Å². The highest BCUT2D eigenvalue weighted by Crippen LogP contribution is 2.18. The molecule has 1 aromatic rings. The van der Waals surface area contributed by atoms with E-state index in [0.29, 0.717) is 0 Å². The number of aryl methyl sites for hydroxylation is 1. The van der Waals surface area contributed by atoms with Crippen LogP contribution in [0.25, 0.3) is 12.2 Å². The summed E-state index contributed by atoms with van der Waals surface area (Å²) in [5, 5.41) is 5.48. The molecule has 1 heteroatoms. The molecule has 1 aromatic carbocycles. The van der Waals surface area contributed by atoms with Crippen LogP contribution in [0.3, 0.4) is 0 Å². The largest absolute Gasteiger partial charge is 0.385 e. The van der Waals surface area contributed by atoms with Crippen LogP contribution in [0.1, 0.15) is 40.2 Å². The molecule has 1 nitrogen and oxygen atoms in total. The third kappa shape index (κ3) is 6.07. The van der Waals surface area contributed by atoms with Crippen molar-refractivity contribution in [2.24, 2.45) is 0 Å². The highest BCUT2D eigenvalue weighted by molar-refractivity contribution is 5.73. The highest BCUT2D eigenvalue weighted by atomic mass is 14.9. The molecular weight excluding hydrogens is 314 g/mol. The maximum absolute atomic E-state index is 4.25. The van der Waals surface area contributed by atoms with Gasteiger partial charge >= 0.3 is 0 Å². The van der Waals surface area contributed by atoms with Gasteiger partial charge in [0.25, 0.3) is 0 Å². The molecule has 0 radical (unpaired) electrons. The third-order valence-corrected chi connectivity index (χ3v) is 4.48. The molecule has 1 N–H and O–H groups in total. The van der Waals surface area contributed by atoms with Crippen molar-refractivity contribution in [1.29, 1.82) is 0 Å². The first-order valence-electron chi connectivity index (χ1n) is 9.06. The lowest BCUT2D eigenvalue weighted by Gasteiger charge is -2.14. The minimum absolute atomic E-state index is 0.267. The summed E-state index contributed by atoms with van der Waals surface area (Å²) in [7, 11) is 0. The van der Waals surface area contributed by atoms with Crippen LogP contribution in [-0.4, -0.2) is 6.04 Å². The Balaban J connectivity index is 3.31. The summed E-state index contributed by atoms with van der Waals surface area (Å²) in [6.45, 7) is 25.1. The Kier molecular flexibility index (Phi) is 8.12. The molecule has 1 rings (SSSR count). The van der Waals surface area contributed by atoms with Gasteiger partial charge in [0, 0.05) is 6.04 Å². The molecule has 0 saturated carbocycles. The van der Waals surface area contributed by atoms with E-state index in [1.54, 1.807) is 0 Å². The summed E-state index contributed by atoms with van der Waals surface area (Å²) >= 11 is 0. The maximum Gasteiger partial charge on any atom is 0.0440 e. The summed E-state index contributed by atoms with van der Waals surface area (Å²) in [5.41, 5.74) is 6.73. The number of rotatable bonds is 7. The predicted octanol–water partition coefficient (Wildman–Crippen LogP) is 5.09. The Morgan fingerprint density at radius 3 is 2.35 bits per heavy atom. The summed E-state index contributed by atoms with van der Waals surface area (Å²) in [4.78, 5) is 0. The lowest BCUT2D eigenvalue weighted by atomic mass is 9.97. The van der Waals surface area contributed by atoms with Gasteiger partial charge in [0.2, 0.25) is 0 Å². The molecule has 0 bridgehead atoms. The summed E-state index contributed by atoms with van der Waals surface area (Å²) in [5.74, 6) is 0.